The van der Waals surface area contributed by atoms with Crippen LogP contribution in [0.2, 0.25) is 0 Å². The number of pyridine rings is 1. The first-order valence-corrected chi connectivity index (χ1v) is 10.4. The second-order valence-electron chi connectivity index (χ2n) is 8.16. The van der Waals surface area contributed by atoms with Gasteiger partial charge in [0.1, 0.15) is 0 Å². The van der Waals surface area contributed by atoms with E-state index < -0.39 is 10.0 Å². The summed E-state index contributed by atoms with van der Waals surface area (Å²) < 4.78 is 29.2. The zero-order valence-corrected chi connectivity index (χ0v) is 14.4. The normalized spacial score (nSPS) is 34.8. The fourth-order valence-corrected chi connectivity index (χ4v) is 7.27. The van der Waals surface area contributed by atoms with E-state index in [0.717, 1.165) is 47.9 Å². The molecule has 0 radical (unpaired) electrons. The topological polar surface area (TPSA) is 59.1 Å². The van der Waals surface area contributed by atoms with Crippen LogP contribution in [0.15, 0.2) is 41.4 Å². The molecule has 1 aromatic carbocycles. The van der Waals surface area contributed by atoms with Crippen molar-refractivity contribution in [3.05, 3.63) is 36.5 Å². The lowest BCUT2D eigenvalue weighted by atomic mass is 9.53. The molecule has 0 unspecified atom stereocenters. The fraction of sp³-hybridized carbons (Fsp3) is 0.526. The van der Waals surface area contributed by atoms with Crippen LogP contribution in [0.3, 0.4) is 0 Å². The van der Waals surface area contributed by atoms with Gasteiger partial charge >= 0.3 is 0 Å². The smallest absolute Gasteiger partial charge is 0.241 e. The number of hydrogen-bond acceptors (Lipinski definition) is 3. The summed E-state index contributed by atoms with van der Waals surface area (Å²) >= 11 is 0. The molecule has 0 spiro atoms. The second-order valence-corrected chi connectivity index (χ2v) is 9.84. The Balaban J connectivity index is 1.49. The molecule has 0 saturated heterocycles. The second kappa shape index (κ2) is 5.02. The monoisotopic (exact) mass is 342 g/mol. The maximum atomic E-state index is 13.0. The van der Waals surface area contributed by atoms with Crippen molar-refractivity contribution < 1.29 is 8.42 Å². The minimum absolute atomic E-state index is 0.197. The highest BCUT2D eigenvalue weighted by molar-refractivity contribution is 7.89. The first-order chi connectivity index (χ1) is 11.5. The number of rotatable bonds is 3. The van der Waals surface area contributed by atoms with Crippen LogP contribution in [0.25, 0.3) is 10.9 Å². The van der Waals surface area contributed by atoms with Crippen LogP contribution in [-0.2, 0) is 10.0 Å². The Morgan fingerprint density at radius 3 is 2.33 bits per heavy atom. The predicted molar refractivity (Wildman–Crippen MR) is 93.0 cm³/mol. The van der Waals surface area contributed by atoms with E-state index in [9.17, 15) is 8.42 Å². The summed E-state index contributed by atoms with van der Waals surface area (Å²) in [6, 6.07) is 8.96. The van der Waals surface area contributed by atoms with Crippen molar-refractivity contribution in [3.63, 3.8) is 0 Å². The van der Waals surface area contributed by atoms with Gasteiger partial charge in [0, 0.05) is 17.1 Å². The van der Waals surface area contributed by atoms with Crippen LogP contribution in [0.4, 0.5) is 0 Å². The van der Waals surface area contributed by atoms with Crippen LogP contribution in [-0.4, -0.2) is 18.9 Å². The van der Waals surface area contributed by atoms with Crippen LogP contribution >= 0.6 is 0 Å². The SMILES string of the molecule is O=S(=O)(NC12CC3CC(CC(C3)C1)C2)c1ccc2ncccc2c1. The highest BCUT2D eigenvalue weighted by Crippen LogP contribution is 2.55. The van der Waals surface area contributed by atoms with E-state index in [1.165, 1.54) is 19.3 Å². The molecule has 2 aromatic rings. The summed E-state index contributed by atoms with van der Waals surface area (Å²) in [4.78, 5) is 4.63. The lowest BCUT2D eigenvalue weighted by Gasteiger charge is -2.56. The van der Waals surface area contributed by atoms with Gasteiger partial charge in [-0.3, -0.25) is 4.98 Å². The van der Waals surface area contributed by atoms with Crippen LogP contribution in [0, 0.1) is 17.8 Å². The average Bonchev–Trinajstić information content (AvgIpc) is 2.52. The van der Waals surface area contributed by atoms with Gasteiger partial charge < -0.3 is 0 Å². The molecule has 5 heteroatoms. The first kappa shape index (κ1) is 14.8. The Morgan fingerprint density at radius 2 is 1.67 bits per heavy atom. The van der Waals surface area contributed by atoms with E-state index in [1.807, 2.05) is 12.1 Å². The van der Waals surface area contributed by atoms with Gasteiger partial charge in [-0.1, -0.05) is 6.07 Å². The number of nitrogens with one attached hydrogen (secondary N) is 1. The van der Waals surface area contributed by atoms with Crippen molar-refractivity contribution >= 4 is 20.9 Å². The summed E-state index contributed by atoms with van der Waals surface area (Å²) in [6.45, 7) is 0. The fourth-order valence-electron chi connectivity index (χ4n) is 5.80. The van der Waals surface area contributed by atoms with Gasteiger partial charge in [-0.15, -0.1) is 0 Å². The first-order valence-electron chi connectivity index (χ1n) is 8.90. The molecule has 4 fully saturated rings. The largest absolute Gasteiger partial charge is 0.256 e. The molecule has 6 rings (SSSR count). The van der Waals surface area contributed by atoms with E-state index in [4.69, 9.17) is 0 Å². The van der Waals surface area contributed by atoms with E-state index in [1.54, 1.807) is 24.4 Å². The van der Waals surface area contributed by atoms with Gasteiger partial charge in [-0.2, -0.15) is 0 Å². The third-order valence-electron chi connectivity index (χ3n) is 6.27. The number of benzene rings is 1. The maximum absolute atomic E-state index is 13.0. The molecule has 126 valence electrons. The van der Waals surface area contributed by atoms with Crippen molar-refractivity contribution in [2.24, 2.45) is 17.8 Å². The van der Waals surface area contributed by atoms with Gasteiger partial charge in [0.15, 0.2) is 0 Å². The summed E-state index contributed by atoms with van der Waals surface area (Å²) in [5, 5.41) is 0.867. The number of nitrogens with zero attached hydrogens (tertiary/aromatic N) is 1. The molecule has 24 heavy (non-hydrogen) atoms. The number of aromatic nitrogens is 1. The van der Waals surface area contributed by atoms with Gasteiger partial charge in [-0.05, 0) is 80.5 Å². The lowest BCUT2D eigenvalue weighted by molar-refractivity contribution is -0.00810. The summed E-state index contributed by atoms with van der Waals surface area (Å²) in [7, 11) is -3.49. The van der Waals surface area contributed by atoms with Crippen molar-refractivity contribution in [2.45, 2.75) is 49.0 Å². The Bertz CT molecular complexity index is 871. The molecule has 1 aromatic heterocycles. The quantitative estimate of drug-likeness (QED) is 0.929. The average molecular weight is 342 g/mol. The molecule has 0 atom stereocenters. The molecular formula is C19H22N2O2S. The molecule has 0 amide bonds. The molecule has 1 N–H and O–H groups in total. The van der Waals surface area contributed by atoms with Crippen molar-refractivity contribution in [1.82, 2.24) is 9.71 Å². The zero-order chi connectivity index (χ0) is 16.4. The van der Waals surface area contributed by atoms with Gasteiger partial charge in [0.2, 0.25) is 10.0 Å². The predicted octanol–water partition coefficient (Wildman–Crippen LogP) is 3.48. The molecule has 4 aliphatic rings. The van der Waals surface area contributed by atoms with E-state index in [2.05, 4.69) is 9.71 Å². The van der Waals surface area contributed by atoms with Crippen molar-refractivity contribution in [2.75, 3.05) is 0 Å². The van der Waals surface area contributed by atoms with Crippen LogP contribution < -0.4 is 4.72 Å². The Kier molecular flexibility index (Phi) is 3.11. The summed E-state index contributed by atoms with van der Waals surface area (Å²) in [5.74, 6) is 2.17. The minimum Gasteiger partial charge on any atom is -0.256 e. The van der Waals surface area contributed by atoms with Crippen molar-refractivity contribution in [1.29, 1.82) is 0 Å². The van der Waals surface area contributed by atoms with Gasteiger partial charge in [-0.25, -0.2) is 13.1 Å². The molecule has 4 bridgehead atoms. The number of sulfonamides is 1. The molecule has 4 aliphatic carbocycles. The Morgan fingerprint density at radius 1 is 1.00 bits per heavy atom. The molecule has 1 heterocycles. The Hall–Kier alpha value is -1.46. The molecule has 4 saturated carbocycles. The molecule has 0 aliphatic heterocycles. The van der Waals surface area contributed by atoms with E-state index in [-0.39, 0.29) is 5.54 Å². The summed E-state index contributed by atoms with van der Waals surface area (Å²) in [5.41, 5.74) is 0.628. The van der Waals surface area contributed by atoms with Crippen molar-refractivity contribution in [3.8, 4) is 0 Å². The molecule has 4 nitrogen and oxygen atoms in total. The van der Waals surface area contributed by atoms with Crippen LogP contribution in [0.1, 0.15) is 38.5 Å². The highest BCUT2D eigenvalue weighted by Gasteiger charge is 2.52. The maximum Gasteiger partial charge on any atom is 0.241 e. The van der Waals surface area contributed by atoms with E-state index >= 15 is 0 Å². The van der Waals surface area contributed by atoms with Gasteiger partial charge in [0.05, 0.1) is 10.4 Å². The lowest BCUT2D eigenvalue weighted by Crippen LogP contribution is -2.59. The molecular weight excluding hydrogens is 320 g/mol. The standard InChI is InChI=1S/C19H22N2O2S/c22-24(23,17-3-4-18-16(9-17)2-1-5-20-18)21-19-10-13-6-14(11-19)8-15(7-13)12-19/h1-5,9,13-15,21H,6-8,10-12H2. The summed E-state index contributed by atoms with van der Waals surface area (Å²) in [6.07, 6.45) is 8.71. The Labute approximate surface area is 142 Å². The minimum atomic E-state index is -3.49. The van der Waals surface area contributed by atoms with Crippen LogP contribution in [0.5, 0.6) is 0 Å². The highest BCUT2D eigenvalue weighted by atomic mass is 32.2. The third-order valence-corrected chi connectivity index (χ3v) is 7.85. The van der Waals surface area contributed by atoms with Gasteiger partial charge in [0.25, 0.3) is 0 Å². The zero-order valence-electron chi connectivity index (χ0n) is 13.6. The number of hydrogen-bond donors (Lipinski definition) is 1. The van der Waals surface area contributed by atoms with E-state index in [0.29, 0.717) is 4.90 Å². The number of fused-ring (bicyclic) bond motifs is 1. The third kappa shape index (κ3) is 2.37.